The van der Waals surface area contributed by atoms with Crippen molar-refractivity contribution in [1.29, 1.82) is 0 Å². The predicted molar refractivity (Wildman–Crippen MR) is 70.5 cm³/mol. The molecule has 1 atom stereocenters. The van der Waals surface area contributed by atoms with Gasteiger partial charge in [-0.1, -0.05) is 20.8 Å². The molecule has 2 N–H and O–H groups in total. The van der Waals surface area contributed by atoms with Crippen LogP contribution in [0, 0.1) is 0 Å². The Morgan fingerprint density at radius 1 is 1.37 bits per heavy atom. The summed E-state index contributed by atoms with van der Waals surface area (Å²) in [7, 11) is 0. The first kappa shape index (κ1) is 13.5. The molecule has 1 fully saturated rings. The fourth-order valence-corrected chi connectivity index (χ4v) is 1.83. The zero-order valence-corrected chi connectivity index (χ0v) is 11.4. The molecular formula is C13H18N4O2. The van der Waals surface area contributed by atoms with Crippen LogP contribution in [0.25, 0.3) is 0 Å². The molecule has 0 spiro atoms. The molecule has 0 aliphatic carbocycles. The number of imide groups is 1. The predicted octanol–water partition coefficient (Wildman–Crippen LogP) is 0.991. The zero-order valence-electron chi connectivity index (χ0n) is 11.4. The minimum atomic E-state index is -0.451. The van der Waals surface area contributed by atoms with Gasteiger partial charge >= 0.3 is 0 Å². The summed E-state index contributed by atoms with van der Waals surface area (Å²) in [5, 5.41) is 5.28. The number of rotatable bonds is 2. The average Bonchev–Trinajstić information content (AvgIpc) is 2.32. The van der Waals surface area contributed by atoms with Crippen LogP contribution in [0.5, 0.6) is 0 Å². The van der Waals surface area contributed by atoms with Gasteiger partial charge < -0.3 is 5.32 Å². The van der Waals surface area contributed by atoms with E-state index in [1.165, 1.54) is 0 Å². The van der Waals surface area contributed by atoms with E-state index in [0.29, 0.717) is 18.8 Å². The van der Waals surface area contributed by atoms with Gasteiger partial charge in [-0.25, -0.2) is 9.97 Å². The normalized spacial score (nSPS) is 20.1. The van der Waals surface area contributed by atoms with Gasteiger partial charge in [0.2, 0.25) is 17.8 Å². The van der Waals surface area contributed by atoms with E-state index in [9.17, 15) is 9.59 Å². The Morgan fingerprint density at radius 2 is 2.11 bits per heavy atom. The van der Waals surface area contributed by atoms with Crippen LogP contribution in [-0.2, 0) is 15.0 Å². The van der Waals surface area contributed by atoms with E-state index in [1.807, 2.05) is 6.07 Å². The number of hydrogen-bond acceptors (Lipinski definition) is 5. The summed E-state index contributed by atoms with van der Waals surface area (Å²) in [4.78, 5) is 31.2. The number of nitrogens with one attached hydrogen (secondary N) is 2. The van der Waals surface area contributed by atoms with Crippen molar-refractivity contribution < 1.29 is 9.59 Å². The third kappa shape index (κ3) is 3.27. The number of anilines is 1. The number of piperidine rings is 1. The lowest BCUT2D eigenvalue weighted by molar-refractivity contribution is -0.133. The van der Waals surface area contributed by atoms with E-state index in [-0.39, 0.29) is 17.2 Å². The van der Waals surface area contributed by atoms with Gasteiger partial charge in [0, 0.05) is 18.0 Å². The van der Waals surface area contributed by atoms with Gasteiger partial charge in [0.1, 0.15) is 6.04 Å². The highest BCUT2D eigenvalue weighted by atomic mass is 16.2. The molecule has 1 aliphatic rings. The van der Waals surface area contributed by atoms with Crippen molar-refractivity contribution in [3.8, 4) is 0 Å². The average molecular weight is 262 g/mol. The highest BCUT2D eigenvalue weighted by molar-refractivity contribution is 6.01. The molecule has 6 heteroatoms. The topological polar surface area (TPSA) is 84.0 Å². The Balaban J connectivity index is 2.11. The van der Waals surface area contributed by atoms with Crippen molar-refractivity contribution in [2.75, 3.05) is 5.32 Å². The molecule has 1 aromatic rings. The van der Waals surface area contributed by atoms with E-state index in [2.05, 4.69) is 41.4 Å². The molecule has 1 aliphatic heterocycles. The smallest absolute Gasteiger partial charge is 0.249 e. The molecule has 2 amide bonds. The maximum atomic E-state index is 11.6. The second kappa shape index (κ2) is 4.95. The van der Waals surface area contributed by atoms with Gasteiger partial charge in [-0.2, -0.15) is 0 Å². The Bertz CT molecular complexity index is 508. The molecule has 0 radical (unpaired) electrons. The first-order valence-corrected chi connectivity index (χ1v) is 6.30. The van der Waals surface area contributed by atoms with E-state index < -0.39 is 6.04 Å². The summed E-state index contributed by atoms with van der Waals surface area (Å²) >= 11 is 0. The van der Waals surface area contributed by atoms with Crippen molar-refractivity contribution in [2.24, 2.45) is 0 Å². The first-order chi connectivity index (χ1) is 8.86. The molecule has 1 unspecified atom stereocenters. The molecule has 2 heterocycles. The third-order valence-electron chi connectivity index (χ3n) is 2.97. The van der Waals surface area contributed by atoms with Crippen LogP contribution in [0.1, 0.15) is 39.3 Å². The quantitative estimate of drug-likeness (QED) is 0.776. The highest BCUT2D eigenvalue weighted by Crippen LogP contribution is 2.20. The summed E-state index contributed by atoms with van der Waals surface area (Å²) in [6, 6.07) is 1.41. The number of amides is 2. The number of carbonyl (C=O) groups excluding carboxylic acids is 2. The van der Waals surface area contributed by atoms with E-state index in [0.717, 1.165) is 5.69 Å². The van der Waals surface area contributed by atoms with Crippen molar-refractivity contribution in [2.45, 2.75) is 45.1 Å². The summed E-state index contributed by atoms with van der Waals surface area (Å²) in [5.41, 5.74) is 0.821. The number of aromatic nitrogens is 2. The van der Waals surface area contributed by atoms with Gasteiger partial charge in [0.25, 0.3) is 0 Å². The molecule has 6 nitrogen and oxygen atoms in total. The van der Waals surface area contributed by atoms with E-state index in [1.54, 1.807) is 6.20 Å². The Hall–Kier alpha value is -1.98. The molecule has 0 aromatic carbocycles. The summed E-state index contributed by atoms with van der Waals surface area (Å²) in [6.45, 7) is 6.18. The second-order valence-corrected chi connectivity index (χ2v) is 5.66. The zero-order chi connectivity index (χ0) is 14.0. The molecule has 2 rings (SSSR count). The van der Waals surface area contributed by atoms with Crippen LogP contribution in [0.2, 0.25) is 0 Å². The first-order valence-electron chi connectivity index (χ1n) is 6.30. The van der Waals surface area contributed by atoms with Gasteiger partial charge in [-0.3, -0.25) is 14.9 Å². The number of hydrogen-bond donors (Lipinski definition) is 2. The van der Waals surface area contributed by atoms with Crippen molar-refractivity contribution in [3.05, 3.63) is 18.0 Å². The van der Waals surface area contributed by atoms with Crippen molar-refractivity contribution >= 4 is 17.8 Å². The van der Waals surface area contributed by atoms with Crippen LogP contribution in [-0.4, -0.2) is 27.8 Å². The molecule has 1 aromatic heterocycles. The molecule has 19 heavy (non-hydrogen) atoms. The largest absolute Gasteiger partial charge is 0.342 e. The maximum absolute atomic E-state index is 11.6. The van der Waals surface area contributed by atoms with Gasteiger partial charge in [-0.15, -0.1) is 0 Å². The Morgan fingerprint density at radius 3 is 2.74 bits per heavy atom. The fourth-order valence-electron chi connectivity index (χ4n) is 1.83. The van der Waals surface area contributed by atoms with Gasteiger partial charge in [0.15, 0.2) is 0 Å². The Labute approximate surface area is 112 Å². The van der Waals surface area contributed by atoms with Crippen molar-refractivity contribution in [3.63, 3.8) is 0 Å². The van der Waals surface area contributed by atoms with Crippen LogP contribution in [0.15, 0.2) is 12.3 Å². The van der Waals surface area contributed by atoms with Crippen LogP contribution in [0.3, 0.4) is 0 Å². The van der Waals surface area contributed by atoms with Crippen molar-refractivity contribution in [1.82, 2.24) is 15.3 Å². The summed E-state index contributed by atoms with van der Waals surface area (Å²) in [6.07, 6.45) is 2.47. The monoisotopic (exact) mass is 262 g/mol. The Kier molecular flexibility index (Phi) is 3.50. The number of carbonyl (C=O) groups is 2. The van der Waals surface area contributed by atoms with Crippen LogP contribution in [0.4, 0.5) is 5.95 Å². The van der Waals surface area contributed by atoms with Gasteiger partial charge in [0.05, 0.1) is 5.69 Å². The summed E-state index contributed by atoms with van der Waals surface area (Å²) < 4.78 is 0. The van der Waals surface area contributed by atoms with Crippen LogP contribution >= 0.6 is 0 Å². The van der Waals surface area contributed by atoms with Gasteiger partial charge in [-0.05, 0) is 12.5 Å². The number of nitrogens with zero attached hydrogens (tertiary/aromatic N) is 2. The lowest BCUT2D eigenvalue weighted by atomic mass is 9.92. The lowest BCUT2D eigenvalue weighted by Gasteiger charge is -2.23. The molecular weight excluding hydrogens is 244 g/mol. The minimum absolute atomic E-state index is 0.0792. The second-order valence-electron chi connectivity index (χ2n) is 5.66. The fraction of sp³-hybridized carbons (Fsp3) is 0.538. The third-order valence-corrected chi connectivity index (χ3v) is 2.97. The van der Waals surface area contributed by atoms with E-state index >= 15 is 0 Å². The molecule has 0 saturated carbocycles. The minimum Gasteiger partial charge on any atom is -0.342 e. The van der Waals surface area contributed by atoms with E-state index in [4.69, 9.17) is 0 Å². The SMILES string of the molecule is CC(C)(C)c1ccnc(NC2CCC(=O)NC2=O)n1. The summed E-state index contributed by atoms with van der Waals surface area (Å²) in [5.74, 6) is -0.129. The van der Waals surface area contributed by atoms with Crippen LogP contribution < -0.4 is 10.6 Å². The lowest BCUT2D eigenvalue weighted by Crippen LogP contribution is -2.47. The maximum Gasteiger partial charge on any atom is 0.249 e. The molecule has 102 valence electrons. The molecule has 1 saturated heterocycles. The highest BCUT2D eigenvalue weighted by Gasteiger charge is 2.27. The molecule has 0 bridgehead atoms. The standard InChI is InChI=1S/C13H18N4O2/c1-13(2,3)9-6-7-14-12(16-9)15-8-4-5-10(18)17-11(8)19/h6-8H,4-5H2,1-3H3,(H,14,15,16)(H,17,18,19).